The first-order chi connectivity index (χ1) is 23.9. The second-order valence-corrected chi connectivity index (χ2v) is 13.6. The summed E-state index contributed by atoms with van der Waals surface area (Å²) >= 11 is 6.20. The molecule has 1 saturated heterocycles. The van der Waals surface area contributed by atoms with E-state index in [0.29, 0.717) is 29.8 Å². The minimum Gasteiger partial charge on any atom is -0.492 e. The molecule has 1 saturated carbocycles. The van der Waals surface area contributed by atoms with Crippen LogP contribution in [0.5, 0.6) is 11.5 Å². The maximum atomic E-state index is 11.7. The maximum Gasteiger partial charge on any atom is 0.335 e. The molecule has 2 heterocycles. The molecule has 0 radical (unpaired) electrons. The van der Waals surface area contributed by atoms with Crippen LogP contribution >= 0.6 is 24.0 Å². The van der Waals surface area contributed by atoms with Gasteiger partial charge in [0.15, 0.2) is 0 Å². The Morgan fingerprint density at radius 3 is 2.24 bits per heavy atom. The quantitative estimate of drug-likeness (QED) is 0.141. The summed E-state index contributed by atoms with van der Waals surface area (Å²) in [5.41, 5.74) is 5.97. The van der Waals surface area contributed by atoms with Gasteiger partial charge in [-0.1, -0.05) is 49.1 Å². The number of carboxylic acid groups (broad SMARTS) is 1. The normalized spacial score (nSPS) is 15.9. The number of fused-ring (bicyclic) bond motifs is 1. The van der Waals surface area contributed by atoms with Gasteiger partial charge in [0.25, 0.3) is 0 Å². The number of piperidine rings is 1. The van der Waals surface area contributed by atoms with E-state index in [1.54, 1.807) is 12.1 Å². The number of carboxylic acids is 1. The van der Waals surface area contributed by atoms with Crippen molar-refractivity contribution in [3.05, 3.63) is 101 Å². The predicted octanol–water partition coefficient (Wildman–Crippen LogP) is 9.06. The van der Waals surface area contributed by atoms with Crippen molar-refractivity contribution < 1.29 is 24.5 Å². The number of imidazole rings is 1. The van der Waals surface area contributed by atoms with Gasteiger partial charge in [-0.05, 0) is 104 Å². The van der Waals surface area contributed by atoms with E-state index in [-0.39, 0.29) is 24.1 Å². The molecule has 0 spiro atoms. The Kier molecular flexibility index (Phi) is 11.6. The van der Waals surface area contributed by atoms with Crippen LogP contribution in [-0.4, -0.2) is 63.0 Å². The van der Waals surface area contributed by atoms with Gasteiger partial charge in [-0.15, -0.1) is 12.4 Å². The number of aromatic carboxylic acids is 1. The standard InChI is InChI=1S/C40H42ClN3O5.ClH/c41-31-11-6-27(7-12-31)36-16-15-35(48-23-22-43-20-18-33(45)19-21-43)24-30(36)26-49-34-13-8-28(9-14-34)39-42-37-25-29(40(46)47)10-17-38(37)44(39)32-4-2-1-3-5-32;/h6-17,24-25,32-33,45H,1-5,18-23,26H2,(H,46,47);1H. The van der Waals surface area contributed by atoms with Crippen molar-refractivity contribution in [3.8, 4) is 34.0 Å². The van der Waals surface area contributed by atoms with E-state index in [4.69, 9.17) is 26.1 Å². The van der Waals surface area contributed by atoms with Crippen LogP contribution in [0.3, 0.4) is 0 Å². The summed E-state index contributed by atoms with van der Waals surface area (Å²) in [6.07, 6.45) is 7.21. The maximum absolute atomic E-state index is 11.7. The smallest absolute Gasteiger partial charge is 0.335 e. The number of hydrogen-bond donors (Lipinski definition) is 2. The molecule has 1 aliphatic heterocycles. The summed E-state index contributed by atoms with van der Waals surface area (Å²) in [6, 6.07) is 27.5. The number of carbonyl (C=O) groups is 1. The Bertz CT molecular complexity index is 1900. The Morgan fingerprint density at radius 2 is 1.52 bits per heavy atom. The van der Waals surface area contributed by atoms with Crippen molar-refractivity contribution in [2.75, 3.05) is 26.2 Å². The molecule has 0 amide bonds. The summed E-state index contributed by atoms with van der Waals surface area (Å²) in [5, 5.41) is 20.1. The number of benzene rings is 4. The predicted molar refractivity (Wildman–Crippen MR) is 200 cm³/mol. The Hall–Kier alpha value is -4.08. The number of likely N-dealkylation sites (tertiary alicyclic amines) is 1. The van der Waals surface area contributed by atoms with Crippen LogP contribution in [0.2, 0.25) is 5.02 Å². The summed E-state index contributed by atoms with van der Waals surface area (Å²) in [6.45, 7) is 3.52. The second kappa shape index (κ2) is 16.3. The Morgan fingerprint density at radius 1 is 0.820 bits per heavy atom. The van der Waals surface area contributed by atoms with Crippen molar-refractivity contribution in [2.45, 2.75) is 63.7 Å². The molecular formula is C40H43Cl2N3O5. The number of aliphatic hydroxyl groups excluding tert-OH is 1. The van der Waals surface area contributed by atoms with Gasteiger partial charge < -0.3 is 24.3 Å². The van der Waals surface area contributed by atoms with E-state index in [9.17, 15) is 15.0 Å². The molecule has 4 aromatic carbocycles. The van der Waals surface area contributed by atoms with E-state index >= 15 is 0 Å². The van der Waals surface area contributed by atoms with Crippen molar-refractivity contribution in [2.24, 2.45) is 0 Å². The first kappa shape index (κ1) is 35.7. The highest BCUT2D eigenvalue weighted by Gasteiger charge is 2.23. The highest BCUT2D eigenvalue weighted by atomic mass is 35.5. The van der Waals surface area contributed by atoms with Gasteiger partial charge in [-0.25, -0.2) is 9.78 Å². The lowest BCUT2D eigenvalue weighted by Crippen LogP contribution is -2.38. The lowest BCUT2D eigenvalue weighted by molar-refractivity contribution is 0.0696. The van der Waals surface area contributed by atoms with Gasteiger partial charge in [0.2, 0.25) is 0 Å². The van der Waals surface area contributed by atoms with Gasteiger partial charge in [-0.3, -0.25) is 4.90 Å². The third-order valence-electron chi connectivity index (χ3n) is 9.85. The third-order valence-corrected chi connectivity index (χ3v) is 10.1. The van der Waals surface area contributed by atoms with Crippen LogP contribution in [0.25, 0.3) is 33.5 Å². The number of aliphatic hydroxyl groups is 1. The summed E-state index contributed by atoms with van der Waals surface area (Å²) in [4.78, 5) is 19.0. The lowest BCUT2D eigenvalue weighted by atomic mass is 9.95. The van der Waals surface area contributed by atoms with E-state index in [1.807, 2.05) is 60.7 Å². The first-order valence-electron chi connectivity index (χ1n) is 17.3. The van der Waals surface area contributed by atoms with Crippen LogP contribution < -0.4 is 9.47 Å². The van der Waals surface area contributed by atoms with E-state index < -0.39 is 5.97 Å². The number of hydrogen-bond acceptors (Lipinski definition) is 6. The molecule has 10 heteroatoms. The molecule has 7 rings (SSSR count). The van der Waals surface area contributed by atoms with Crippen molar-refractivity contribution in [1.29, 1.82) is 0 Å². The second-order valence-electron chi connectivity index (χ2n) is 13.2. The molecule has 5 aromatic rings. The lowest BCUT2D eigenvalue weighted by Gasteiger charge is -2.29. The molecule has 0 unspecified atom stereocenters. The highest BCUT2D eigenvalue weighted by molar-refractivity contribution is 6.30. The van der Waals surface area contributed by atoms with Crippen LogP contribution in [0.15, 0.2) is 84.9 Å². The number of nitrogens with zero attached hydrogens (tertiary/aromatic N) is 3. The van der Waals surface area contributed by atoms with Crippen molar-refractivity contribution in [1.82, 2.24) is 14.5 Å². The molecule has 2 N–H and O–H groups in total. The third kappa shape index (κ3) is 8.27. The van der Waals surface area contributed by atoms with Crippen molar-refractivity contribution >= 4 is 41.0 Å². The zero-order valence-corrected chi connectivity index (χ0v) is 29.5. The average Bonchev–Trinajstić information content (AvgIpc) is 3.52. The summed E-state index contributed by atoms with van der Waals surface area (Å²) < 4.78 is 14.9. The Balaban J connectivity index is 0.00000432. The largest absolute Gasteiger partial charge is 0.492 e. The van der Waals surface area contributed by atoms with Crippen LogP contribution in [0.1, 0.15) is 66.9 Å². The molecule has 2 aliphatic rings. The highest BCUT2D eigenvalue weighted by Crippen LogP contribution is 2.37. The van der Waals surface area contributed by atoms with Gasteiger partial charge in [0.05, 0.1) is 22.7 Å². The van der Waals surface area contributed by atoms with E-state index in [2.05, 4.69) is 21.6 Å². The molecule has 0 atom stereocenters. The summed E-state index contributed by atoms with van der Waals surface area (Å²) in [7, 11) is 0. The fourth-order valence-electron chi connectivity index (χ4n) is 7.13. The van der Waals surface area contributed by atoms with Gasteiger partial charge in [0, 0.05) is 41.8 Å². The SMILES string of the molecule is Cl.O=C(O)c1ccc2c(c1)nc(-c1ccc(OCc3cc(OCCN4CCC(O)CC4)ccc3-c3ccc(Cl)cc3)cc1)n2C1CCCCC1. The monoisotopic (exact) mass is 715 g/mol. The molecular weight excluding hydrogens is 673 g/mol. The number of aromatic nitrogens is 2. The average molecular weight is 717 g/mol. The number of ether oxygens (including phenoxy) is 2. The number of rotatable bonds is 11. The molecule has 50 heavy (non-hydrogen) atoms. The molecule has 262 valence electrons. The summed E-state index contributed by atoms with van der Waals surface area (Å²) in [5.74, 6) is 1.42. The van der Waals surface area contributed by atoms with Crippen LogP contribution in [0.4, 0.5) is 0 Å². The minimum absolute atomic E-state index is 0. The van der Waals surface area contributed by atoms with Crippen LogP contribution in [-0.2, 0) is 6.61 Å². The molecule has 2 fully saturated rings. The molecule has 8 nitrogen and oxygen atoms in total. The van der Waals surface area contributed by atoms with Crippen LogP contribution in [0, 0.1) is 0 Å². The Labute approximate surface area is 304 Å². The molecule has 1 aromatic heterocycles. The van der Waals surface area contributed by atoms with Crippen molar-refractivity contribution in [3.63, 3.8) is 0 Å². The van der Waals surface area contributed by atoms with Gasteiger partial charge in [-0.2, -0.15) is 0 Å². The van der Waals surface area contributed by atoms with Gasteiger partial charge >= 0.3 is 5.97 Å². The van der Waals surface area contributed by atoms with Gasteiger partial charge in [0.1, 0.15) is 30.5 Å². The zero-order chi connectivity index (χ0) is 33.7. The van der Waals surface area contributed by atoms with E-state index in [0.717, 1.165) is 90.4 Å². The minimum atomic E-state index is -0.951. The fourth-order valence-corrected chi connectivity index (χ4v) is 7.26. The zero-order valence-electron chi connectivity index (χ0n) is 28.0. The molecule has 1 aliphatic carbocycles. The topological polar surface area (TPSA) is 97.1 Å². The fraction of sp³-hybridized carbons (Fsp3) is 0.350. The molecule has 0 bridgehead atoms. The first-order valence-corrected chi connectivity index (χ1v) is 17.7. The number of halogens is 2. The van der Waals surface area contributed by atoms with E-state index in [1.165, 1.54) is 19.3 Å².